The number of hydrogen-bond donors (Lipinski definition) is 0. The quantitative estimate of drug-likeness (QED) is 0.313. The first-order chi connectivity index (χ1) is 2.00. The molecule has 0 aliphatic carbocycles. The van der Waals surface area contributed by atoms with Crippen LogP contribution in [0.5, 0.6) is 0 Å². The Morgan fingerprint density at radius 3 is 0.875 bits per heavy atom. The summed E-state index contributed by atoms with van der Waals surface area (Å²) >= 11 is 0. The van der Waals surface area contributed by atoms with Crippen molar-refractivity contribution >= 4 is 26.4 Å². The first-order valence-electron chi connectivity index (χ1n) is 0.816. The van der Waals surface area contributed by atoms with Gasteiger partial charge in [-0.05, 0) is 0 Å². The van der Waals surface area contributed by atoms with Crippen LogP contribution in [-0.4, -0.2) is 31.9 Å². The standard InChI is InChI=1S/Al.Li.O4Si.H2O/c;;1-5(2,3)4;/h;;;1H2/q+3;+1;-4;. The normalized spacial score (nSPS) is 7.50. The Balaban J connectivity index is -0.0000000267. The molecule has 0 spiro atoms. The minimum atomic E-state index is -5.61. The Kier molecular flexibility index (Phi) is 23.3. The van der Waals surface area contributed by atoms with Gasteiger partial charge in [-0.1, -0.05) is 0 Å². The predicted molar refractivity (Wildman–Crippen MR) is 15.1 cm³/mol. The van der Waals surface area contributed by atoms with Crippen LogP contribution in [0.1, 0.15) is 0 Å². The van der Waals surface area contributed by atoms with Crippen molar-refractivity contribution in [2.45, 2.75) is 0 Å². The van der Waals surface area contributed by atoms with Crippen LogP contribution >= 0.6 is 0 Å². The molecule has 0 saturated carbocycles. The maximum absolute atomic E-state index is 8.58. The molecule has 2 N–H and O–H groups in total. The summed E-state index contributed by atoms with van der Waals surface area (Å²) in [6, 6.07) is 0. The van der Waals surface area contributed by atoms with Crippen molar-refractivity contribution in [2.24, 2.45) is 0 Å². The van der Waals surface area contributed by atoms with Gasteiger partial charge in [0, 0.05) is 0 Å². The van der Waals surface area contributed by atoms with Gasteiger partial charge in [0.15, 0.2) is 0 Å². The summed E-state index contributed by atoms with van der Waals surface area (Å²) in [7, 11) is -5.61. The molecule has 0 aliphatic heterocycles. The maximum Gasteiger partial charge on any atom is 3.00 e. The van der Waals surface area contributed by atoms with Crippen molar-refractivity contribution in [3.63, 3.8) is 0 Å². The van der Waals surface area contributed by atoms with Crippen LogP contribution in [0, 0.1) is 0 Å². The molecule has 5 nitrogen and oxygen atoms in total. The van der Waals surface area contributed by atoms with Crippen molar-refractivity contribution in [3.05, 3.63) is 0 Å². The summed E-state index contributed by atoms with van der Waals surface area (Å²) in [6.07, 6.45) is 0. The van der Waals surface area contributed by atoms with Gasteiger partial charge in [0.2, 0.25) is 0 Å². The van der Waals surface area contributed by atoms with E-state index in [9.17, 15) is 0 Å². The molecule has 0 heterocycles. The zero-order valence-corrected chi connectivity index (χ0v) is 6.37. The summed E-state index contributed by atoms with van der Waals surface area (Å²) in [4.78, 5) is 34.3. The molecule has 0 aromatic rings. The van der Waals surface area contributed by atoms with Crippen molar-refractivity contribution in [2.75, 3.05) is 0 Å². The minimum Gasteiger partial charge on any atom is -0.894 e. The molecule has 0 atom stereocenters. The molecular weight excluding hydrogens is 142 g/mol. The Morgan fingerprint density at radius 1 is 0.875 bits per heavy atom. The third-order valence-electron chi connectivity index (χ3n) is 0. The van der Waals surface area contributed by atoms with E-state index in [4.69, 9.17) is 19.2 Å². The first kappa shape index (κ1) is 22.9. The van der Waals surface area contributed by atoms with Crippen LogP contribution in [0.3, 0.4) is 0 Å². The second kappa shape index (κ2) is 8.15. The Bertz CT molecular complexity index is 27.9. The summed E-state index contributed by atoms with van der Waals surface area (Å²) in [6.45, 7) is 0. The molecule has 0 bridgehead atoms. The van der Waals surface area contributed by atoms with Gasteiger partial charge in [0.05, 0.1) is 0 Å². The zero-order valence-electron chi connectivity index (χ0n) is 4.21. The van der Waals surface area contributed by atoms with Crippen LogP contribution in [0.4, 0.5) is 0 Å². The summed E-state index contributed by atoms with van der Waals surface area (Å²) in [5, 5.41) is 0. The fourth-order valence-electron chi connectivity index (χ4n) is 0. The van der Waals surface area contributed by atoms with E-state index in [0.29, 0.717) is 0 Å². The van der Waals surface area contributed by atoms with Crippen molar-refractivity contribution in [1.82, 2.24) is 0 Å². The summed E-state index contributed by atoms with van der Waals surface area (Å²) in [5.41, 5.74) is 0. The number of hydrogen-bond acceptors (Lipinski definition) is 4. The van der Waals surface area contributed by atoms with Crippen molar-refractivity contribution < 1.29 is 43.5 Å². The van der Waals surface area contributed by atoms with E-state index in [0.717, 1.165) is 0 Å². The van der Waals surface area contributed by atoms with Gasteiger partial charge in [0.25, 0.3) is 0 Å². The molecule has 0 unspecified atom stereocenters. The maximum atomic E-state index is 8.58. The van der Waals surface area contributed by atoms with Crippen LogP contribution in [0.25, 0.3) is 0 Å². The van der Waals surface area contributed by atoms with Gasteiger partial charge in [-0.25, -0.2) is 0 Å². The second-order valence-electron chi connectivity index (χ2n) is 0.500. The third-order valence-corrected chi connectivity index (χ3v) is 0. The molecule has 0 rings (SSSR count). The topological polar surface area (TPSA) is 124 Å². The Labute approximate surface area is 70.1 Å². The summed E-state index contributed by atoms with van der Waals surface area (Å²) in [5.74, 6) is 0. The zero-order chi connectivity index (χ0) is 4.50. The van der Waals surface area contributed by atoms with Crippen molar-refractivity contribution in [1.29, 1.82) is 0 Å². The van der Waals surface area contributed by atoms with E-state index in [-0.39, 0.29) is 41.7 Å². The average Bonchev–Trinajstić information content (AvgIpc) is 0.722. The minimum absolute atomic E-state index is 0. The molecule has 8 heteroatoms. The van der Waals surface area contributed by atoms with Gasteiger partial charge in [-0.3, -0.25) is 0 Å². The third kappa shape index (κ3) is 205. The van der Waals surface area contributed by atoms with Gasteiger partial charge < -0.3 is 33.7 Å². The number of rotatable bonds is 0. The average molecular weight is 144 g/mol. The molecule has 8 heavy (non-hydrogen) atoms. The first-order valence-corrected chi connectivity index (χ1v) is 2.45. The van der Waals surface area contributed by atoms with Crippen LogP contribution < -0.4 is 38.0 Å². The van der Waals surface area contributed by atoms with E-state index in [1.54, 1.807) is 0 Å². The van der Waals surface area contributed by atoms with Gasteiger partial charge in [-0.15, -0.1) is 0 Å². The molecule has 0 saturated heterocycles. The van der Waals surface area contributed by atoms with E-state index >= 15 is 0 Å². The van der Waals surface area contributed by atoms with Gasteiger partial charge in [0.1, 0.15) is 0 Å². The fraction of sp³-hybridized carbons (Fsp3) is 0. The largest absolute Gasteiger partial charge is 3.00 e. The molecule has 40 valence electrons. The SMILES string of the molecule is O.[Al+3].[Li+].[O-][Si]([O-])([O-])[O-]. The fourth-order valence-corrected chi connectivity index (χ4v) is 0. The molecule has 0 radical (unpaired) electrons. The van der Waals surface area contributed by atoms with Crippen LogP contribution in [-0.2, 0) is 0 Å². The molecule has 0 aliphatic rings. The smallest absolute Gasteiger partial charge is 0.894 e. The Morgan fingerprint density at radius 2 is 0.875 bits per heavy atom. The monoisotopic (exact) mass is 144 g/mol. The van der Waals surface area contributed by atoms with E-state index in [1.807, 2.05) is 0 Å². The second-order valence-corrected chi connectivity index (χ2v) is 1.50. The molecule has 0 amide bonds. The van der Waals surface area contributed by atoms with E-state index < -0.39 is 9.05 Å². The molecule has 0 fully saturated rings. The summed E-state index contributed by atoms with van der Waals surface area (Å²) < 4.78 is 0. The Hall–Kier alpha value is 1.15. The van der Waals surface area contributed by atoms with E-state index in [1.165, 1.54) is 0 Å². The van der Waals surface area contributed by atoms with Crippen molar-refractivity contribution in [3.8, 4) is 0 Å². The van der Waals surface area contributed by atoms with Crippen LogP contribution in [0.15, 0.2) is 0 Å². The molecular formula is H2AlLiO5Si. The predicted octanol–water partition coefficient (Wildman–Crippen LogP) is -9.34. The molecule has 0 aromatic heterocycles. The van der Waals surface area contributed by atoms with Gasteiger partial charge in [-0.2, -0.15) is 0 Å². The van der Waals surface area contributed by atoms with E-state index in [2.05, 4.69) is 0 Å². The molecule has 0 aromatic carbocycles. The van der Waals surface area contributed by atoms with Crippen LogP contribution in [0.2, 0.25) is 0 Å². The van der Waals surface area contributed by atoms with Gasteiger partial charge >= 0.3 is 36.2 Å².